The van der Waals surface area contributed by atoms with Crippen LogP contribution in [0.25, 0.3) is 0 Å². The summed E-state index contributed by atoms with van der Waals surface area (Å²) in [6.45, 7) is 1.84. The molecule has 0 saturated heterocycles. The van der Waals surface area contributed by atoms with Crippen LogP contribution in [0.4, 0.5) is 18.9 Å². The summed E-state index contributed by atoms with van der Waals surface area (Å²) in [5, 5.41) is 12.0. The van der Waals surface area contributed by atoms with E-state index in [2.05, 4.69) is 21.2 Å². The highest BCUT2D eigenvalue weighted by Gasteiger charge is 2.29. The number of benzene rings is 2. The first-order valence-electron chi connectivity index (χ1n) is 7.58. The highest BCUT2D eigenvalue weighted by Crippen LogP contribution is 2.32. The normalized spacial score (nSPS) is 12.7. The van der Waals surface area contributed by atoms with E-state index in [1.807, 2.05) is 13.0 Å². The fourth-order valence-corrected chi connectivity index (χ4v) is 3.03. The number of nitrogens with one attached hydrogen (secondary N) is 1. The Balaban J connectivity index is 2.25. The van der Waals surface area contributed by atoms with Crippen LogP contribution in [0.3, 0.4) is 0 Å². The maximum Gasteiger partial charge on any atom is 0.389 e. The van der Waals surface area contributed by atoms with Gasteiger partial charge < -0.3 is 10.4 Å². The van der Waals surface area contributed by atoms with Gasteiger partial charge in [-0.15, -0.1) is 0 Å². The highest BCUT2D eigenvalue weighted by molar-refractivity contribution is 9.10. The Morgan fingerprint density at radius 2 is 1.84 bits per heavy atom. The second-order valence-corrected chi connectivity index (χ2v) is 6.65. The van der Waals surface area contributed by atoms with Crippen LogP contribution in [0.2, 0.25) is 0 Å². The number of aryl methyl sites for hydroxylation is 1. The molecule has 2 aromatic carbocycles. The number of halogens is 4. The van der Waals surface area contributed by atoms with Gasteiger partial charge in [-0.25, -0.2) is 4.79 Å². The van der Waals surface area contributed by atoms with Crippen LogP contribution in [-0.4, -0.2) is 17.3 Å². The second-order valence-electron chi connectivity index (χ2n) is 5.73. The van der Waals surface area contributed by atoms with Crippen LogP contribution < -0.4 is 5.32 Å². The minimum atomic E-state index is -4.24. The van der Waals surface area contributed by atoms with Gasteiger partial charge in [0.1, 0.15) is 0 Å². The van der Waals surface area contributed by atoms with Crippen molar-refractivity contribution in [3.63, 3.8) is 0 Å². The lowest BCUT2D eigenvalue weighted by molar-refractivity contribution is -0.136. The average molecular weight is 416 g/mol. The monoisotopic (exact) mass is 415 g/mol. The van der Waals surface area contributed by atoms with E-state index >= 15 is 0 Å². The number of hydrogen-bond acceptors (Lipinski definition) is 2. The molecule has 1 atom stereocenters. The highest BCUT2D eigenvalue weighted by atomic mass is 79.9. The van der Waals surface area contributed by atoms with Gasteiger partial charge in [0, 0.05) is 16.6 Å². The van der Waals surface area contributed by atoms with Crippen molar-refractivity contribution in [1.29, 1.82) is 0 Å². The van der Waals surface area contributed by atoms with E-state index in [9.17, 15) is 18.0 Å². The van der Waals surface area contributed by atoms with Crippen molar-refractivity contribution in [2.75, 3.05) is 5.32 Å². The number of anilines is 1. The molecule has 134 valence electrons. The van der Waals surface area contributed by atoms with Crippen LogP contribution in [0.5, 0.6) is 0 Å². The fraction of sp³-hybridized carbons (Fsp3) is 0.278. The van der Waals surface area contributed by atoms with Gasteiger partial charge in [-0.1, -0.05) is 22.0 Å². The topological polar surface area (TPSA) is 49.3 Å². The van der Waals surface area contributed by atoms with Crippen LogP contribution in [-0.2, 0) is 0 Å². The predicted octanol–water partition coefficient (Wildman–Crippen LogP) is 5.95. The zero-order chi connectivity index (χ0) is 18.6. The van der Waals surface area contributed by atoms with Crippen LogP contribution in [0, 0.1) is 6.92 Å². The molecule has 0 fully saturated rings. The number of carboxylic acids is 1. The molecule has 0 aliphatic carbocycles. The number of hydrogen-bond donors (Lipinski definition) is 2. The Morgan fingerprint density at radius 3 is 2.36 bits per heavy atom. The third-order valence-electron chi connectivity index (χ3n) is 3.80. The molecule has 0 radical (unpaired) electrons. The molecular weight excluding hydrogens is 399 g/mol. The Labute approximate surface area is 152 Å². The quantitative estimate of drug-likeness (QED) is 0.612. The van der Waals surface area contributed by atoms with Crippen molar-refractivity contribution in [3.8, 4) is 0 Å². The second kappa shape index (κ2) is 7.91. The molecule has 3 nitrogen and oxygen atoms in total. The van der Waals surface area contributed by atoms with Gasteiger partial charge in [-0.2, -0.15) is 13.2 Å². The lowest BCUT2D eigenvalue weighted by Gasteiger charge is -2.23. The van der Waals surface area contributed by atoms with Gasteiger partial charge in [0.2, 0.25) is 0 Å². The molecular formula is C18H17BrF3NO2. The number of alkyl halides is 3. The van der Waals surface area contributed by atoms with Crippen LogP contribution >= 0.6 is 15.9 Å². The maximum absolute atomic E-state index is 12.7. The fourth-order valence-electron chi connectivity index (χ4n) is 2.55. The molecule has 2 rings (SSSR count). The molecule has 2 N–H and O–H groups in total. The largest absolute Gasteiger partial charge is 0.478 e. The van der Waals surface area contributed by atoms with Gasteiger partial charge >= 0.3 is 12.1 Å². The third kappa shape index (κ3) is 5.77. The lowest BCUT2D eigenvalue weighted by Crippen LogP contribution is -2.17. The van der Waals surface area contributed by atoms with Crippen molar-refractivity contribution >= 4 is 27.6 Å². The molecule has 0 heterocycles. The molecule has 0 aromatic heterocycles. The molecule has 0 aliphatic heterocycles. The summed E-state index contributed by atoms with van der Waals surface area (Å²) < 4.78 is 38.9. The molecule has 0 aliphatic rings. The number of rotatable bonds is 6. The molecule has 0 amide bonds. The van der Waals surface area contributed by atoms with E-state index < -0.39 is 24.6 Å². The van der Waals surface area contributed by atoms with Crippen molar-refractivity contribution < 1.29 is 23.1 Å². The van der Waals surface area contributed by atoms with Gasteiger partial charge in [-0.3, -0.25) is 0 Å². The van der Waals surface area contributed by atoms with Crippen molar-refractivity contribution in [2.24, 2.45) is 0 Å². The summed E-state index contributed by atoms with van der Waals surface area (Å²) in [6.07, 6.45) is -5.27. The number of aromatic carboxylic acids is 1. The minimum absolute atomic E-state index is 0.118. The average Bonchev–Trinajstić information content (AvgIpc) is 2.51. The molecule has 0 bridgehead atoms. The molecule has 0 spiro atoms. The van der Waals surface area contributed by atoms with E-state index in [0.29, 0.717) is 5.69 Å². The van der Waals surface area contributed by atoms with E-state index in [0.717, 1.165) is 15.6 Å². The predicted molar refractivity (Wildman–Crippen MR) is 93.9 cm³/mol. The molecule has 7 heteroatoms. The zero-order valence-corrected chi connectivity index (χ0v) is 15.0. The molecule has 1 unspecified atom stereocenters. The summed E-state index contributed by atoms with van der Waals surface area (Å²) >= 11 is 3.35. The zero-order valence-electron chi connectivity index (χ0n) is 13.4. The van der Waals surface area contributed by atoms with Crippen molar-refractivity contribution in [1.82, 2.24) is 0 Å². The van der Waals surface area contributed by atoms with E-state index in [1.165, 1.54) is 12.1 Å². The van der Waals surface area contributed by atoms with Crippen molar-refractivity contribution in [3.05, 3.63) is 63.6 Å². The van der Waals surface area contributed by atoms with Gasteiger partial charge in [0.15, 0.2) is 0 Å². The SMILES string of the molecule is Cc1cc(Br)ccc1C(CCC(F)(F)F)Nc1ccc(C(=O)O)cc1. The van der Waals surface area contributed by atoms with Gasteiger partial charge in [0.25, 0.3) is 0 Å². The number of carboxylic acid groups (broad SMARTS) is 1. The first kappa shape index (κ1) is 19.3. The third-order valence-corrected chi connectivity index (χ3v) is 4.29. The number of carbonyl (C=O) groups is 1. The Kier molecular flexibility index (Phi) is 6.11. The van der Waals surface area contributed by atoms with Gasteiger partial charge in [0.05, 0.1) is 11.6 Å². The summed E-state index contributed by atoms with van der Waals surface area (Å²) in [7, 11) is 0. The van der Waals surface area contributed by atoms with Crippen molar-refractivity contribution in [2.45, 2.75) is 32.0 Å². The Bertz CT molecular complexity index is 745. The van der Waals surface area contributed by atoms with E-state index in [-0.39, 0.29) is 12.0 Å². The smallest absolute Gasteiger partial charge is 0.389 e. The van der Waals surface area contributed by atoms with E-state index in [4.69, 9.17) is 5.11 Å². The molecule has 25 heavy (non-hydrogen) atoms. The first-order chi connectivity index (χ1) is 11.7. The van der Waals surface area contributed by atoms with Crippen LogP contribution in [0.1, 0.15) is 40.4 Å². The Hall–Kier alpha value is -2.02. The van der Waals surface area contributed by atoms with Crippen LogP contribution in [0.15, 0.2) is 46.9 Å². The Morgan fingerprint density at radius 1 is 1.20 bits per heavy atom. The lowest BCUT2D eigenvalue weighted by atomic mass is 9.97. The maximum atomic E-state index is 12.7. The standard InChI is InChI=1S/C18H17BrF3NO2/c1-11-10-13(19)4-7-15(11)16(8-9-18(20,21)22)23-14-5-2-12(3-6-14)17(24)25/h2-7,10,16,23H,8-9H2,1H3,(H,24,25). The van der Waals surface area contributed by atoms with Gasteiger partial charge in [-0.05, 0) is 60.9 Å². The van der Waals surface area contributed by atoms with E-state index in [1.54, 1.807) is 24.3 Å². The molecule has 2 aromatic rings. The summed E-state index contributed by atoms with van der Waals surface area (Å²) in [5.74, 6) is -1.05. The minimum Gasteiger partial charge on any atom is -0.478 e. The molecule has 0 saturated carbocycles. The summed E-state index contributed by atoms with van der Waals surface area (Å²) in [4.78, 5) is 10.9. The first-order valence-corrected chi connectivity index (χ1v) is 8.38. The summed E-state index contributed by atoms with van der Waals surface area (Å²) in [6, 6.07) is 10.8. The summed E-state index contributed by atoms with van der Waals surface area (Å²) in [5.41, 5.74) is 2.34.